The second kappa shape index (κ2) is 4.85. The third-order valence-corrected chi connectivity index (χ3v) is 4.69. The van der Waals surface area contributed by atoms with Gasteiger partial charge in [0.15, 0.2) is 5.78 Å². The molecule has 1 N–H and O–H groups in total. The highest BCUT2D eigenvalue weighted by molar-refractivity contribution is 7.55. The Bertz CT molecular complexity index is 314. The van der Waals surface area contributed by atoms with E-state index in [2.05, 4.69) is 4.74 Å². The maximum Gasteiger partial charge on any atom is 0.433 e. The van der Waals surface area contributed by atoms with E-state index in [0.29, 0.717) is 0 Å². The van der Waals surface area contributed by atoms with Crippen molar-refractivity contribution >= 4 is 7.60 Å². The first kappa shape index (κ1) is 14.9. The highest BCUT2D eigenvalue weighted by Gasteiger charge is 2.78. The summed E-state index contributed by atoms with van der Waals surface area (Å²) in [6.45, 7) is 3.03. The second-order valence-corrected chi connectivity index (χ2v) is 5.47. The number of hydrogen-bond acceptors (Lipinski definition) is 5. The molecule has 17 heavy (non-hydrogen) atoms. The van der Waals surface area contributed by atoms with Gasteiger partial charge in [-0.25, -0.2) is 0 Å². The minimum atomic E-state index is -4.68. The molecule has 0 saturated carbocycles. The molecule has 0 bridgehead atoms. The van der Waals surface area contributed by atoms with Crippen LogP contribution in [0.3, 0.4) is 0 Å². The first-order valence-corrected chi connectivity index (χ1v) is 6.67. The highest BCUT2D eigenvalue weighted by atomic mass is 31.2. The van der Waals surface area contributed by atoms with Gasteiger partial charge >= 0.3 is 13.8 Å². The Hall–Kier alpha value is -0.140. The van der Waals surface area contributed by atoms with Gasteiger partial charge in [0.05, 0.1) is 13.2 Å². The molecule has 0 aromatic heterocycles. The van der Waals surface area contributed by atoms with E-state index in [0.717, 1.165) is 7.11 Å². The van der Waals surface area contributed by atoms with Gasteiger partial charge < -0.3 is 13.8 Å². The zero-order chi connectivity index (χ0) is 13.3. The van der Waals surface area contributed by atoms with Crippen LogP contribution in [0.25, 0.3) is 0 Å². The number of hydrogen-bond donors (Lipinski definition) is 1. The molecule has 0 aliphatic carbocycles. The standard InChI is InChI=1S/C8H15F3NO4P/c1-4-15-17(13,16-5-2)6-7(12-6,14-3)8(9,10)11/h6,12H,4-5H2,1-3H3/t6-,7+/m0/s1. The second-order valence-electron chi connectivity index (χ2n) is 3.36. The van der Waals surface area contributed by atoms with Gasteiger partial charge in [-0.3, -0.25) is 9.88 Å². The van der Waals surface area contributed by atoms with Gasteiger partial charge in [-0.2, -0.15) is 13.2 Å². The van der Waals surface area contributed by atoms with Crippen LogP contribution >= 0.6 is 7.60 Å². The summed E-state index contributed by atoms with van der Waals surface area (Å²) in [4.78, 5) is 0. The largest absolute Gasteiger partial charge is 0.433 e. The maximum atomic E-state index is 12.7. The molecule has 1 aliphatic heterocycles. The fourth-order valence-electron chi connectivity index (χ4n) is 1.53. The maximum absolute atomic E-state index is 12.7. The molecule has 1 fully saturated rings. The van der Waals surface area contributed by atoms with Crippen LogP contribution in [-0.4, -0.2) is 38.0 Å². The lowest BCUT2D eigenvalue weighted by Gasteiger charge is -2.21. The van der Waals surface area contributed by atoms with Crippen molar-refractivity contribution in [3.05, 3.63) is 0 Å². The first-order chi connectivity index (χ1) is 7.77. The monoisotopic (exact) mass is 277 g/mol. The lowest BCUT2D eigenvalue weighted by Crippen LogP contribution is -2.39. The molecular weight excluding hydrogens is 262 g/mol. The molecule has 0 aromatic rings. The predicted molar refractivity (Wildman–Crippen MR) is 53.6 cm³/mol. The Kier molecular flexibility index (Phi) is 4.26. The van der Waals surface area contributed by atoms with E-state index in [9.17, 15) is 17.7 Å². The van der Waals surface area contributed by atoms with Gasteiger partial charge in [0.1, 0.15) is 0 Å². The average molecular weight is 277 g/mol. The summed E-state index contributed by atoms with van der Waals surface area (Å²) < 4.78 is 64.4. The Morgan fingerprint density at radius 2 is 1.76 bits per heavy atom. The third-order valence-electron chi connectivity index (χ3n) is 2.33. The number of methoxy groups -OCH3 is 1. The minimum absolute atomic E-state index is 0.00684. The fourth-order valence-corrected chi connectivity index (χ4v) is 3.67. The van der Waals surface area contributed by atoms with Crippen molar-refractivity contribution in [1.29, 1.82) is 0 Å². The molecule has 9 heteroatoms. The minimum Gasteiger partial charge on any atom is -0.353 e. The third kappa shape index (κ3) is 2.51. The van der Waals surface area contributed by atoms with Gasteiger partial charge in [-0.05, 0) is 13.8 Å². The number of rotatable bonds is 6. The van der Waals surface area contributed by atoms with Crippen LogP contribution < -0.4 is 5.32 Å². The summed E-state index contributed by atoms with van der Waals surface area (Å²) in [5, 5.41) is 2.02. The fraction of sp³-hybridized carbons (Fsp3) is 1.00. The zero-order valence-corrected chi connectivity index (χ0v) is 10.6. The van der Waals surface area contributed by atoms with Crippen molar-refractivity contribution in [2.45, 2.75) is 31.5 Å². The first-order valence-electron chi connectivity index (χ1n) is 5.05. The van der Waals surface area contributed by atoms with Crippen LogP contribution in [0.15, 0.2) is 0 Å². The normalized spacial score (nSPS) is 29.4. The lowest BCUT2D eigenvalue weighted by molar-refractivity contribution is -0.231. The highest BCUT2D eigenvalue weighted by Crippen LogP contribution is 2.65. The van der Waals surface area contributed by atoms with Crippen LogP contribution in [0.1, 0.15) is 13.8 Å². The molecule has 0 unspecified atom stereocenters. The van der Waals surface area contributed by atoms with Crippen LogP contribution in [0, 0.1) is 0 Å². The Balaban J connectivity index is 2.91. The van der Waals surface area contributed by atoms with E-state index >= 15 is 0 Å². The van der Waals surface area contributed by atoms with Crippen molar-refractivity contribution in [3.63, 3.8) is 0 Å². The molecular formula is C8H15F3NO4P. The van der Waals surface area contributed by atoms with Crippen molar-refractivity contribution in [1.82, 2.24) is 5.32 Å². The zero-order valence-electron chi connectivity index (χ0n) is 9.71. The van der Waals surface area contributed by atoms with Crippen LogP contribution in [0.5, 0.6) is 0 Å². The summed E-state index contributed by atoms with van der Waals surface area (Å²) in [5.41, 5.74) is -2.63. The summed E-state index contributed by atoms with van der Waals surface area (Å²) in [7, 11) is -2.98. The van der Waals surface area contributed by atoms with Crippen molar-refractivity contribution in [2.24, 2.45) is 0 Å². The molecule has 0 aromatic carbocycles. The van der Waals surface area contributed by atoms with Crippen LogP contribution in [0.4, 0.5) is 13.2 Å². The average Bonchev–Trinajstić information content (AvgIpc) is 2.93. The van der Waals surface area contributed by atoms with Gasteiger partial charge in [0.25, 0.3) is 0 Å². The molecule has 1 heterocycles. The van der Waals surface area contributed by atoms with Gasteiger partial charge in [0.2, 0.25) is 5.72 Å². The van der Waals surface area contributed by atoms with E-state index in [1.54, 1.807) is 0 Å². The Morgan fingerprint density at radius 3 is 2.00 bits per heavy atom. The molecule has 102 valence electrons. The van der Waals surface area contributed by atoms with E-state index < -0.39 is 25.3 Å². The van der Waals surface area contributed by atoms with E-state index in [-0.39, 0.29) is 13.2 Å². The topological polar surface area (TPSA) is 66.7 Å². The number of ether oxygens (including phenoxy) is 1. The van der Waals surface area contributed by atoms with Gasteiger partial charge in [-0.15, -0.1) is 0 Å². The summed E-state index contributed by atoms with van der Waals surface area (Å²) in [6.07, 6.45) is -4.68. The number of alkyl halides is 3. The Morgan fingerprint density at radius 1 is 1.29 bits per heavy atom. The molecule has 0 radical (unpaired) electrons. The van der Waals surface area contributed by atoms with Crippen molar-refractivity contribution in [3.8, 4) is 0 Å². The lowest BCUT2D eigenvalue weighted by atomic mass is 10.4. The summed E-state index contributed by atoms with van der Waals surface area (Å²) in [5.74, 6) is -1.51. The van der Waals surface area contributed by atoms with Crippen LogP contribution in [-0.2, 0) is 18.3 Å². The smallest absolute Gasteiger partial charge is 0.353 e. The molecule has 0 spiro atoms. The molecule has 1 aliphatic rings. The van der Waals surface area contributed by atoms with E-state index in [1.807, 2.05) is 5.32 Å². The summed E-state index contributed by atoms with van der Waals surface area (Å²) in [6, 6.07) is 0. The van der Waals surface area contributed by atoms with Crippen LogP contribution in [0.2, 0.25) is 0 Å². The van der Waals surface area contributed by atoms with E-state index in [1.165, 1.54) is 13.8 Å². The SMILES string of the molecule is CCOP(=O)(OCC)[C@@H]1N[C@]1(OC)C(F)(F)F. The molecule has 5 nitrogen and oxygen atoms in total. The molecule has 0 amide bonds. The number of nitrogens with one attached hydrogen (secondary N) is 1. The number of halogens is 3. The quantitative estimate of drug-likeness (QED) is 0.594. The van der Waals surface area contributed by atoms with E-state index in [4.69, 9.17) is 9.05 Å². The predicted octanol–water partition coefficient (Wildman–Crippen LogP) is 2.09. The molecule has 1 rings (SSSR count). The van der Waals surface area contributed by atoms with Gasteiger partial charge in [0, 0.05) is 7.11 Å². The molecule has 1 saturated heterocycles. The van der Waals surface area contributed by atoms with Crippen molar-refractivity contribution < 1.29 is 31.5 Å². The summed E-state index contributed by atoms with van der Waals surface area (Å²) >= 11 is 0. The molecule has 2 atom stereocenters. The Labute approximate surface area is 97.1 Å². The van der Waals surface area contributed by atoms with Crippen molar-refractivity contribution in [2.75, 3.05) is 20.3 Å². The van der Waals surface area contributed by atoms with Gasteiger partial charge in [-0.1, -0.05) is 0 Å².